The Bertz CT molecular complexity index is 743. The molecule has 1 aromatic rings. The van der Waals surface area contributed by atoms with Crippen molar-refractivity contribution in [3.05, 3.63) is 31.1 Å². The molecule has 3 N–H and O–H groups in total. The van der Waals surface area contributed by atoms with E-state index in [2.05, 4.69) is 22.3 Å². The van der Waals surface area contributed by atoms with E-state index in [-0.39, 0.29) is 48.5 Å². The molecular formula is C21H31N5O5. The first-order valence-electron chi connectivity index (χ1n) is 10.5. The molecule has 1 atom stereocenters. The molecule has 1 aromatic heterocycles. The van der Waals surface area contributed by atoms with Crippen LogP contribution in [0.3, 0.4) is 0 Å². The Morgan fingerprint density at radius 3 is 2.55 bits per heavy atom. The summed E-state index contributed by atoms with van der Waals surface area (Å²) in [6, 6.07) is 1.94. The summed E-state index contributed by atoms with van der Waals surface area (Å²) in [7, 11) is 0. The number of hydrogen-bond acceptors (Lipinski definition) is 5. The van der Waals surface area contributed by atoms with Crippen LogP contribution in [0.5, 0.6) is 0 Å². The Morgan fingerprint density at radius 1 is 1.23 bits per heavy atom. The molecule has 170 valence electrons. The van der Waals surface area contributed by atoms with Crippen LogP contribution in [0, 0.1) is 11.8 Å². The quantitative estimate of drug-likeness (QED) is 0.402. The lowest BCUT2D eigenvalue weighted by Gasteiger charge is -2.29. The molecule has 10 heteroatoms. The lowest BCUT2D eigenvalue weighted by atomic mass is 9.85. The number of carbonyl (C=O) groups is 4. The van der Waals surface area contributed by atoms with Crippen LogP contribution >= 0.6 is 0 Å². The van der Waals surface area contributed by atoms with Gasteiger partial charge in [-0.2, -0.15) is 5.10 Å². The predicted octanol–water partition coefficient (Wildman–Crippen LogP) is 0.410. The van der Waals surface area contributed by atoms with E-state index in [0.717, 1.165) is 25.7 Å². The average Bonchev–Trinajstić information content (AvgIpc) is 3.39. The van der Waals surface area contributed by atoms with E-state index < -0.39 is 0 Å². The molecular weight excluding hydrogens is 402 g/mol. The van der Waals surface area contributed by atoms with Crippen LogP contribution in [-0.2, 0) is 25.7 Å². The van der Waals surface area contributed by atoms with E-state index in [9.17, 15) is 14.4 Å². The van der Waals surface area contributed by atoms with Gasteiger partial charge in [0.1, 0.15) is 0 Å². The topological polar surface area (TPSA) is 134 Å². The van der Waals surface area contributed by atoms with Crippen molar-refractivity contribution >= 4 is 24.2 Å². The molecule has 3 rings (SSSR count). The zero-order valence-electron chi connectivity index (χ0n) is 17.6. The lowest BCUT2D eigenvalue weighted by Crippen LogP contribution is -2.43. The van der Waals surface area contributed by atoms with Crippen LogP contribution in [0.1, 0.15) is 32.1 Å². The molecule has 0 radical (unpaired) electrons. The highest BCUT2D eigenvalue weighted by atomic mass is 16.3. The Kier molecular flexibility index (Phi) is 9.73. The van der Waals surface area contributed by atoms with Crippen LogP contribution < -0.4 is 10.6 Å². The lowest BCUT2D eigenvalue weighted by molar-refractivity contribution is -0.129. The molecule has 2 fully saturated rings. The van der Waals surface area contributed by atoms with Crippen molar-refractivity contribution in [3.63, 3.8) is 0 Å². The summed E-state index contributed by atoms with van der Waals surface area (Å²) in [5.41, 5.74) is 0. The molecule has 2 aliphatic rings. The molecule has 0 aromatic carbocycles. The highest BCUT2D eigenvalue weighted by molar-refractivity contribution is 5.89. The number of aromatic nitrogens is 2. The van der Waals surface area contributed by atoms with E-state index in [4.69, 9.17) is 9.90 Å². The fourth-order valence-corrected chi connectivity index (χ4v) is 3.97. The third kappa shape index (κ3) is 7.54. The van der Waals surface area contributed by atoms with E-state index in [1.807, 2.05) is 12.3 Å². The van der Waals surface area contributed by atoms with Gasteiger partial charge in [0.25, 0.3) is 6.47 Å². The van der Waals surface area contributed by atoms with Crippen LogP contribution in [-0.4, -0.2) is 69.7 Å². The van der Waals surface area contributed by atoms with Crippen LogP contribution in [0.25, 0.3) is 0 Å². The smallest absolute Gasteiger partial charge is 0.290 e. The zero-order valence-corrected chi connectivity index (χ0v) is 17.6. The van der Waals surface area contributed by atoms with Crippen molar-refractivity contribution in [2.45, 2.75) is 44.7 Å². The second kappa shape index (κ2) is 12.5. The maximum atomic E-state index is 12.5. The number of nitrogens with one attached hydrogen (secondary N) is 2. The monoisotopic (exact) mass is 433 g/mol. The van der Waals surface area contributed by atoms with Gasteiger partial charge in [-0.25, -0.2) is 0 Å². The molecule has 1 unspecified atom stereocenters. The number of hydrogen-bond donors (Lipinski definition) is 3. The van der Waals surface area contributed by atoms with Crippen molar-refractivity contribution in [2.24, 2.45) is 11.8 Å². The molecule has 10 nitrogen and oxygen atoms in total. The molecule has 1 saturated carbocycles. The summed E-state index contributed by atoms with van der Waals surface area (Å²) in [6.45, 7) is 5.57. The fraction of sp³-hybridized carbons (Fsp3) is 0.571. The number of likely N-dealkylation sites (tertiary alicyclic amines) is 1. The largest absolute Gasteiger partial charge is 0.483 e. The second-order valence-electron chi connectivity index (χ2n) is 7.71. The van der Waals surface area contributed by atoms with Gasteiger partial charge < -0.3 is 20.6 Å². The summed E-state index contributed by atoms with van der Waals surface area (Å²) in [6.07, 6.45) is 8.66. The summed E-state index contributed by atoms with van der Waals surface area (Å²) < 4.78 is 1.79. The van der Waals surface area contributed by atoms with Crippen molar-refractivity contribution in [3.8, 4) is 0 Å². The van der Waals surface area contributed by atoms with E-state index in [1.54, 1.807) is 21.9 Å². The third-order valence-electron chi connectivity index (χ3n) is 5.58. The Labute approximate surface area is 181 Å². The fourth-order valence-electron chi connectivity index (χ4n) is 3.97. The van der Waals surface area contributed by atoms with Gasteiger partial charge in [-0.05, 0) is 31.7 Å². The van der Waals surface area contributed by atoms with Gasteiger partial charge in [0, 0.05) is 50.4 Å². The predicted molar refractivity (Wildman–Crippen MR) is 113 cm³/mol. The van der Waals surface area contributed by atoms with Gasteiger partial charge in [-0.1, -0.05) is 6.08 Å². The van der Waals surface area contributed by atoms with Gasteiger partial charge in [-0.15, -0.1) is 6.58 Å². The molecule has 1 saturated heterocycles. The van der Waals surface area contributed by atoms with Gasteiger partial charge in [0.2, 0.25) is 17.7 Å². The summed E-state index contributed by atoms with van der Waals surface area (Å²) in [4.78, 5) is 46.7. The van der Waals surface area contributed by atoms with Crippen LogP contribution in [0.2, 0.25) is 0 Å². The third-order valence-corrected chi connectivity index (χ3v) is 5.58. The normalized spacial score (nSPS) is 22.8. The average molecular weight is 434 g/mol. The summed E-state index contributed by atoms with van der Waals surface area (Å²) >= 11 is 0. The maximum Gasteiger partial charge on any atom is 0.290 e. The van der Waals surface area contributed by atoms with Crippen molar-refractivity contribution in [1.29, 1.82) is 0 Å². The van der Waals surface area contributed by atoms with E-state index >= 15 is 0 Å². The molecule has 0 spiro atoms. The first kappa shape index (κ1) is 24.1. The molecule has 0 bridgehead atoms. The second-order valence-corrected chi connectivity index (χ2v) is 7.71. The molecule has 2 heterocycles. The SMILES string of the molecule is C=CCN1CC(C(=O)NC2CCC(C(=O)NCCn3cccn3)CC2)CC1=O.O=CO. The summed E-state index contributed by atoms with van der Waals surface area (Å²) in [5.74, 6) is -0.237. The minimum atomic E-state index is -0.282. The van der Waals surface area contributed by atoms with E-state index in [1.165, 1.54) is 0 Å². The Morgan fingerprint density at radius 2 is 1.94 bits per heavy atom. The first-order chi connectivity index (χ1) is 15.0. The van der Waals surface area contributed by atoms with Crippen molar-refractivity contribution in [2.75, 3.05) is 19.6 Å². The van der Waals surface area contributed by atoms with Gasteiger partial charge in [0.15, 0.2) is 0 Å². The number of nitrogens with zero attached hydrogens (tertiary/aromatic N) is 3. The minimum Gasteiger partial charge on any atom is -0.483 e. The van der Waals surface area contributed by atoms with Crippen LogP contribution in [0.15, 0.2) is 31.1 Å². The maximum absolute atomic E-state index is 12.5. The Balaban J connectivity index is 0.00000107. The number of rotatable bonds is 8. The zero-order chi connectivity index (χ0) is 22.6. The van der Waals surface area contributed by atoms with Crippen LogP contribution in [0.4, 0.5) is 0 Å². The number of carbonyl (C=O) groups excluding carboxylic acids is 3. The van der Waals surface area contributed by atoms with E-state index in [0.29, 0.717) is 26.2 Å². The molecule has 1 aliphatic carbocycles. The minimum absolute atomic E-state index is 0.00177. The first-order valence-corrected chi connectivity index (χ1v) is 10.5. The highest BCUT2D eigenvalue weighted by Crippen LogP contribution is 2.25. The van der Waals surface area contributed by atoms with Crippen molar-refractivity contribution in [1.82, 2.24) is 25.3 Å². The Hall–Kier alpha value is -3.17. The number of carboxylic acid groups (broad SMARTS) is 1. The van der Waals surface area contributed by atoms with Crippen molar-refractivity contribution < 1.29 is 24.3 Å². The van der Waals surface area contributed by atoms with Gasteiger partial charge in [0.05, 0.1) is 12.5 Å². The molecule has 31 heavy (non-hydrogen) atoms. The molecule has 3 amide bonds. The van der Waals surface area contributed by atoms with Gasteiger partial charge >= 0.3 is 0 Å². The summed E-state index contributed by atoms with van der Waals surface area (Å²) in [5, 5.41) is 17.1. The number of amides is 3. The molecule has 1 aliphatic heterocycles. The van der Waals surface area contributed by atoms with Gasteiger partial charge in [-0.3, -0.25) is 23.9 Å². The standard InChI is InChI=1S/C20H29N5O3.CH2O2/c1-2-10-24-14-16(13-18(24)26)20(28)23-17-6-4-15(5-7-17)19(27)21-9-12-25-11-3-8-22-25;2-1-3/h2-3,8,11,15-17H,1,4-7,9-10,12-14H2,(H,21,27)(H,23,28);1H,(H,2,3). The highest BCUT2D eigenvalue weighted by Gasteiger charge is 2.35.